The van der Waals surface area contributed by atoms with Crippen LogP contribution in [-0.2, 0) is 0 Å². The zero-order chi connectivity index (χ0) is 15.4. The monoisotopic (exact) mass is 366 g/mol. The maximum atomic E-state index is 6.23. The van der Waals surface area contributed by atoms with Gasteiger partial charge in [0.15, 0.2) is 0 Å². The van der Waals surface area contributed by atoms with Crippen molar-refractivity contribution in [1.82, 2.24) is 0 Å². The Morgan fingerprint density at radius 1 is 1.24 bits per heavy atom. The Kier molecular flexibility index (Phi) is 5.68. The van der Waals surface area contributed by atoms with E-state index >= 15 is 0 Å². The summed E-state index contributed by atoms with van der Waals surface area (Å²) in [4.78, 5) is 2.33. The van der Waals surface area contributed by atoms with Crippen LogP contribution in [0.2, 0.25) is 5.02 Å². The van der Waals surface area contributed by atoms with Crippen LogP contribution < -0.4 is 10.6 Å². The van der Waals surface area contributed by atoms with Gasteiger partial charge >= 0.3 is 0 Å². The van der Waals surface area contributed by atoms with E-state index in [0.29, 0.717) is 11.6 Å². The number of nitrogens with zero attached hydrogens (tertiary/aromatic N) is 1. The number of aryl methyl sites for hydroxylation is 1. The number of nitrogens with two attached hydrogens (primary N) is 1. The van der Waals surface area contributed by atoms with Crippen LogP contribution in [0.5, 0.6) is 0 Å². The molecule has 2 aromatic rings. The molecule has 2 nitrogen and oxygen atoms in total. The number of hydrogen-bond acceptors (Lipinski definition) is 2. The van der Waals surface area contributed by atoms with E-state index in [1.54, 1.807) is 0 Å². The Morgan fingerprint density at radius 3 is 2.52 bits per heavy atom. The molecule has 0 aromatic heterocycles. The minimum absolute atomic E-state index is 0.113. The molecule has 1 unspecified atom stereocenters. The summed E-state index contributed by atoms with van der Waals surface area (Å²) in [7, 11) is 0. The fourth-order valence-corrected chi connectivity index (χ4v) is 3.04. The number of para-hydroxylation sites is 1. The standard InChI is InChI=1S/C17H20BrClN2/c1-3-21(16-7-5-4-6-12(16)2)17(11-20)13-8-9-14(18)15(19)10-13/h4-10,17H,3,11,20H2,1-2H3. The van der Waals surface area contributed by atoms with Crippen molar-refractivity contribution >= 4 is 33.2 Å². The normalized spacial score (nSPS) is 12.2. The molecule has 0 saturated heterocycles. The van der Waals surface area contributed by atoms with Gasteiger partial charge in [0.1, 0.15) is 0 Å². The second-order valence-electron chi connectivity index (χ2n) is 5.00. The number of rotatable bonds is 5. The maximum Gasteiger partial charge on any atom is 0.0665 e. The molecule has 2 rings (SSSR count). The molecule has 0 aliphatic carbocycles. The van der Waals surface area contributed by atoms with Crippen LogP contribution in [0.15, 0.2) is 46.9 Å². The van der Waals surface area contributed by atoms with Crippen molar-refractivity contribution in [3.8, 4) is 0 Å². The predicted molar refractivity (Wildman–Crippen MR) is 95.1 cm³/mol. The molecule has 0 aliphatic heterocycles. The summed E-state index contributed by atoms with van der Waals surface area (Å²) >= 11 is 9.67. The maximum absolute atomic E-state index is 6.23. The van der Waals surface area contributed by atoms with E-state index in [1.165, 1.54) is 11.3 Å². The van der Waals surface area contributed by atoms with Crippen LogP contribution >= 0.6 is 27.5 Å². The highest BCUT2D eigenvalue weighted by atomic mass is 79.9. The van der Waals surface area contributed by atoms with E-state index in [0.717, 1.165) is 16.6 Å². The van der Waals surface area contributed by atoms with E-state index in [-0.39, 0.29) is 6.04 Å². The molecular formula is C17H20BrClN2. The Bertz CT molecular complexity index is 615. The van der Waals surface area contributed by atoms with Crippen molar-refractivity contribution in [2.75, 3.05) is 18.0 Å². The summed E-state index contributed by atoms with van der Waals surface area (Å²) in [5, 5.41) is 0.715. The van der Waals surface area contributed by atoms with E-state index in [4.69, 9.17) is 17.3 Å². The first-order valence-corrected chi connectivity index (χ1v) is 8.22. The Balaban J connectivity index is 2.42. The van der Waals surface area contributed by atoms with Gasteiger partial charge < -0.3 is 10.6 Å². The van der Waals surface area contributed by atoms with Crippen molar-refractivity contribution in [3.63, 3.8) is 0 Å². The highest BCUT2D eigenvalue weighted by Gasteiger charge is 2.20. The molecule has 112 valence electrons. The lowest BCUT2D eigenvalue weighted by atomic mass is 10.0. The average Bonchev–Trinajstić information content (AvgIpc) is 2.49. The quantitative estimate of drug-likeness (QED) is 0.811. The van der Waals surface area contributed by atoms with Gasteiger partial charge in [-0.2, -0.15) is 0 Å². The highest BCUT2D eigenvalue weighted by molar-refractivity contribution is 9.10. The van der Waals surface area contributed by atoms with Crippen molar-refractivity contribution in [2.24, 2.45) is 5.73 Å². The van der Waals surface area contributed by atoms with Crippen molar-refractivity contribution in [2.45, 2.75) is 19.9 Å². The number of anilines is 1. The lowest BCUT2D eigenvalue weighted by Gasteiger charge is -2.33. The van der Waals surface area contributed by atoms with Gasteiger partial charge in [-0.3, -0.25) is 0 Å². The van der Waals surface area contributed by atoms with Crippen LogP contribution in [0, 0.1) is 6.92 Å². The fourth-order valence-electron chi connectivity index (χ4n) is 2.61. The largest absolute Gasteiger partial charge is 0.363 e. The lowest BCUT2D eigenvalue weighted by Crippen LogP contribution is -2.34. The second kappa shape index (κ2) is 7.30. The first-order chi connectivity index (χ1) is 10.1. The fraction of sp³-hybridized carbons (Fsp3) is 0.294. The summed E-state index contributed by atoms with van der Waals surface area (Å²) < 4.78 is 0.905. The third-order valence-electron chi connectivity index (χ3n) is 3.69. The van der Waals surface area contributed by atoms with Crippen molar-refractivity contribution < 1.29 is 0 Å². The van der Waals surface area contributed by atoms with E-state index in [9.17, 15) is 0 Å². The summed E-state index contributed by atoms with van der Waals surface area (Å²) in [6.07, 6.45) is 0. The predicted octanol–water partition coefficient (Wildman–Crippen LogP) is 4.94. The average molecular weight is 368 g/mol. The summed E-state index contributed by atoms with van der Waals surface area (Å²) in [5.41, 5.74) is 9.66. The minimum atomic E-state index is 0.113. The topological polar surface area (TPSA) is 29.3 Å². The highest BCUT2D eigenvalue weighted by Crippen LogP contribution is 2.32. The van der Waals surface area contributed by atoms with Gasteiger partial charge in [-0.25, -0.2) is 0 Å². The molecule has 0 saturated carbocycles. The zero-order valence-corrected chi connectivity index (χ0v) is 14.7. The molecule has 21 heavy (non-hydrogen) atoms. The molecule has 0 radical (unpaired) electrons. The van der Waals surface area contributed by atoms with E-state index < -0.39 is 0 Å². The zero-order valence-electron chi connectivity index (χ0n) is 12.3. The van der Waals surface area contributed by atoms with E-state index in [2.05, 4.69) is 65.0 Å². The van der Waals surface area contributed by atoms with Crippen LogP contribution in [-0.4, -0.2) is 13.1 Å². The minimum Gasteiger partial charge on any atom is -0.363 e. The summed E-state index contributed by atoms with van der Waals surface area (Å²) in [6, 6.07) is 14.5. The SMILES string of the molecule is CCN(c1ccccc1C)C(CN)c1ccc(Br)c(Cl)c1. The Hall–Kier alpha value is -1.03. The van der Waals surface area contributed by atoms with Gasteiger partial charge in [0.05, 0.1) is 11.1 Å². The molecule has 2 aromatic carbocycles. The van der Waals surface area contributed by atoms with Crippen LogP contribution in [0.4, 0.5) is 5.69 Å². The Morgan fingerprint density at radius 2 is 1.95 bits per heavy atom. The summed E-state index contributed by atoms with van der Waals surface area (Å²) in [5.74, 6) is 0. The molecular weight excluding hydrogens is 348 g/mol. The van der Waals surface area contributed by atoms with Crippen LogP contribution in [0.25, 0.3) is 0 Å². The van der Waals surface area contributed by atoms with Crippen molar-refractivity contribution in [1.29, 1.82) is 0 Å². The number of likely N-dealkylation sites (N-methyl/N-ethyl adjacent to an activating group) is 1. The van der Waals surface area contributed by atoms with Gasteiger partial charge in [0, 0.05) is 23.2 Å². The summed E-state index contributed by atoms with van der Waals surface area (Å²) in [6.45, 7) is 5.70. The first kappa shape index (κ1) is 16.3. The van der Waals surface area contributed by atoms with Crippen LogP contribution in [0.1, 0.15) is 24.1 Å². The molecule has 1 atom stereocenters. The first-order valence-electron chi connectivity index (χ1n) is 7.05. The third kappa shape index (κ3) is 3.60. The molecule has 0 fully saturated rings. The molecule has 2 N–H and O–H groups in total. The number of benzene rings is 2. The molecule has 0 amide bonds. The van der Waals surface area contributed by atoms with E-state index in [1.807, 2.05) is 12.1 Å². The number of halogens is 2. The lowest BCUT2D eigenvalue weighted by molar-refractivity contribution is 0.642. The molecule has 4 heteroatoms. The molecule has 0 bridgehead atoms. The van der Waals surface area contributed by atoms with Crippen molar-refractivity contribution in [3.05, 3.63) is 63.1 Å². The molecule has 0 spiro atoms. The smallest absolute Gasteiger partial charge is 0.0665 e. The number of hydrogen-bond donors (Lipinski definition) is 1. The van der Waals surface area contributed by atoms with Crippen LogP contribution in [0.3, 0.4) is 0 Å². The molecule has 0 heterocycles. The molecule has 0 aliphatic rings. The van der Waals surface area contributed by atoms with Gasteiger partial charge in [-0.1, -0.05) is 35.9 Å². The van der Waals surface area contributed by atoms with Gasteiger partial charge in [0.2, 0.25) is 0 Å². The van der Waals surface area contributed by atoms with Gasteiger partial charge in [0.25, 0.3) is 0 Å². The third-order valence-corrected chi connectivity index (χ3v) is 4.93. The van der Waals surface area contributed by atoms with Gasteiger partial charge in [-0.15, -0.1) is 0 Å². The second-order valence-corrected chi connectivity index (χ2v) is 6.26. The Labute approximate surface area is 140 Å². The van der Waals surface area contributed by atoms with Gasteiger partial charge in [-0.05, 0) is 59.1 Å².